The molecule has 11 heteroatoms. The van der Waals surface area contributed by atoms with E-state index in [1.54, 1.807) is 24.7 Å². The highest BCUT2D eigenvalue weighted by Crippen LogP contribution is 2.50. The number of hydrogen-bond donors (Lipinski definition) is 1. The van der Waals surface area contributed by atoms with Gasteiger partial charge in [-0.25, -0.2) is 13.1 Å². The summed E-state index contributed by atoms with van der Waals surface area (Å²) in [7, 11) is -3.31. The SMILES string of the molecule is CCS(=O)(=O)N[C@@H]1C[C@H]2CN(C(=O)Cn3ccc(C)n3)C[C@@]2(c2nc(C)no2)C1. The van der Waals surface area contributed by atoms with Crippen LogP contribution in [-0.4, -0.2) is 64.0 Å². The highest BCUT2D eigenvalue weighted by atomic mass is 32.2. The number of aryl methyl sites for hydroxylation is 2. The molecule has 2 fully saturated rings. The van der Waals surface area contributed by atoms with E-state index in [0.29, 0.717) is 37.6 Å². The second kappa shape index (κ2) is 7.21. The van der Waals surface area contributed by atoms with Gasteiger partial charge in [-0.15, -0.1) is 0 Å². The first-order valence-electron chi connectivity index (χ1n) is 9.79. The van der Waals surface area contributed by atoms with Gasteiger partial charge < -0.3 is 9.42 Å². The zero-order valence-electron chi connectivity index (χ0n) is 16.8. The molecule has 3 heterocycles. The van der Waals surface area contributed by atoms with Gasteiger partial charge in [-0.1, -0.05) is 5.16 Å². The van der Waals surface area contributed by atoms with Crippen molar-refractivity contribution >= 4 is 15.9 Å². The number of nitrogens with one attached hydrogen (secondary N) is 1. The number of hydrogen-bond acceptors (Lipinski definition) is 7. The van der Waals surface area contributed by atoms with E-state index < -0.39 is 15.4 Å². The highest BCUT2D eigenvalue weighted by Gasteiger charge is 2.58. The maximum absolute atomic E-state index is 12.9. The molecule has 0 unspecified atom stereocenters. The Labute approximate surface area is 169 Å². The normalized spacial score (nSPS) is 26.8. The largest absolute Gasteiger partial charge is 0.340 e. The van der Waals surface area contributed by atoms with Crippen molar-refractivity contribution in [2.45, 2.75) is 51.6 Å². The summed E-state index contributed by atoms with van der Waals surface area (Å²) in [6, 6.07) is 1.65. The Morgan fingerprint density at radius 3 is 2.83 bits per heavy atom. The minimum atomic E-state index is -3.31. The predicted molar refractivity (Wildman–Crippen MR) is 103 cm³/mol. The first-order chi connectivity index (χ1) is 13.7. The van der Waals surface area contributed by atoms with Gasteiger partial charge >= 0.3 is 0 Å². The molecular weight excluding hydrogens is 396 g/mol. The number of fused-ring (bicyclic) bond motifs is 1. The molecule has 1 aliphatic carbocycles. The minimum absolute atomic E-state index is 0.0243. The van der Waals surface area contributed by atoms with Gasteiger partial charge in [0.25, 0.3) is 0 Å². The van der Waals surface area contributed by atoms with E-state index in [-0.39, 0.29) is 30.2 Å². The summed E-state index contributed by atoms with van der Waals surface area (Å²) in [5.41, 5.74) is 0.331. The summed E-state index contributed by atoms with van der Waals surface area (Å²) in [5.74, 6) is 1.08. The Bertz CT molecular complexity index is 1020. The van der Waals surface area contributed by atoms with Crippen LogP contribution in [-0.2, 0) is 26.8 Å². The van der Waals surface area contributed by atoms with E-state index in [4.69, 9.17) is 4.52 Å². The number of aromatic nitrogens is 4. The second-order valence-electron chi connectivity index (χ2n) is 8.09. The molecule has 1 saturated carbocycles. The second-order valence-corrected chi connectivity index (χ2v) is 10.1. The van der Waals surface area contributed by atoms with E-state index in [2.05, 4.69) is 20.0 Å². The molecule has 0 bridgehead atoms. The smallest absolute Gasteiger partial charge is 0.244 e. The quantitative estimate of drug-likeness (QED) is 0.714. The van der Waals surface area contributed by atoms with Crippen LogP contribution in [0.3, 0.4) is 0 Å². The molecule has 2 aromatic heterocycles. The molecule has 3 atom stereocenters. The van der Waals surface area contributed by atoms with Gasteiger partial charge in [0.1, 0.15) is 6.54 Å². The molecule has 2 aromatic rings. The lowest BCUT2D eigenvalue weighted by Crippen LogP contribution is -2.40. The highest BCUT2D eigenvalue weighted by molar-refractivity contribution is 7.89. The Morgan fingerprint density at radius 1 is 1.41 bits per heavy atom. The van der Waals surface area contributed by atoms with Crippen molar-refractivity contribution in [3.05, 3.63) is 29.7 Å². The molecule has 10 nitrogen and oxygen atoms in total. The molecule has 0 aromatic carbocycles. The molecule has 1 amide bonds. The molecule has 1 aliphatic heterocycles. The summed E-state index contributed by atoms with van der Waals surface area (Å²) < 4.78 is 34.1. The number of rotatable bonds is 6. The summed E-state index contributed by atoms with van der Waals surface area (Å²) in [4.78, 5) is 19.1. The van der Waals surface area contributed by atoms with E-state index in [0.717, 1.165) is 5.69 Å². The lowest BCUT2D eigenvalue weighted by molar-refractivity contribution is -0.131. The third-order valence-electron chi connectivity index (χ3n) is 5.98. The molecule has 1 N–H and O–H groups in total. The van der Waals surface area contributed by atoms with Crippen LogP contribution in [0.5, 0.6) is 0 Å². The van der Waals surface area contributed by atoms with Crippen LogP contribution in [0.2, 0.25) is 0 Å². The Hall–Kier alpha value is -2.27. The topological polar surface area (TPSA) is 123 Å². The molecule has 2 aliphatic rings. The van der Waals surface area contributed by atoms with Crippen LogP contribution in [0, 0.1) is 19.8 Å². The fraction of sp³-hybridized carbons (Fsp3) is 0.667. The summed E-state index contributed by atoms with van der Waals surface area (Å²) >= 11 is 0. The van der Waals surface area contributed by atoms with Gasteiger partial charge in [0.15, 0.2) is 5.82 Å². The number of nitrogens with zero attached hydrogens (tertiary/aromatic N) is 5. The van der Waals surface area contributed by atoms with Crippen LogP contribution in [0.25, 0.3) is 0 Å². The van der Waals surface area contributed by atoms with Crippen molar-refractivity contribution in [1.29, 1.82) is 0 Å². The van der Waals surface area contributed by atoms with Crippen molar-refractivity contribution in [3.63, 3.8) is 0 Å². The van der Waals surface area contributed by atoms with E-state index >= 15 is 0 Å². The predicted octanol–water partition coefficient (Wildman–Crippen LogP) is 0.381. The van der Waals surface area contributed by atoms with E-state index in [9.17, 15) is 13.2 Å². The molecule has 158 valence electrons. The molecule has 29 heavy (non-hydrogen) atoms. The third-order valence-corrected chi connectivity index (χ3v) is 7.43. The Kier molecular flexibility index (Phi) is 4.97. The van der Waals surface area contributed by atoms with Gasteiger partial charge in [-0.2, -0.15) is 10.1 Å². The lowest BCUT2D eigenvalue weighted by Gasteiger charge is -2.25. The average molecular weight is 423 g/mol. The molecule has 0 spiro atoms. The minimum Gasteiger partial charge on any atom is -0.340 e. The fourth-order valence-electron chi connectivity index (χ4n) is 4.61. The van der Waals surface area contributed by atoms with Crippen molar-refractivity contribution in [2.24, 2.45) is 5.92 Å². The molecule has 0 radical (unpaired) electrons. The molecular formula is C18H26N6O4S. The Morgan fingerprint density at radius 2 is 2.21 bits per heavy atom. The van der Waals surface area contributed by atoms with Crippen LogP contribution in [0.15, 0.2) is 16.8 Å². The first kappa shape index (κ1) is 20.0. The number of amides is 1. The summed E-state index contributed by atoms with van der Waals surface area (Å²) in [6.45, 7) is 6.39. The van der Waals surface area contributed by atoms with Crippen LogP contribution < -0.4 is 4.72 Å². The van der Waals surface area contributed by atoms with Crippen LogP contribution in [0.4, 0.5) is 0 Å². The standard InChI is InChI=1S/C18H26N6O4S/c1-4-29(26,27)22-15-7-14-9-23(16(25)10-24-6-5-12(2)20-24)11-18(14,8-15)17-19-13(3)21-28-17/h5-6,14-15,22H,4,7-11H2,1-3H3/t14-,15+,18-/m0/s1. The van der Waals surface area contributed by atoms with Crippen molar-refractivity contribution < 1.29 is 17.7 Å². The Balaban J connectivity index is 1.55. The van der Waals surface area contributed by atoms with Crippen molar-refractivity contribution in [2.75, 3.05) is 18.8 Å². The third kappa shape index (κ3) is 3.80. The van der Waals surface area contributed by atoms with Gasteiger partial charge in [-0.05, 0) is 45.6 Å². The number of likely N-dealkylation sites (tertiary alicyclic amines) is 1. The van der Waals surface area contributed by atoms with Gasteiger partial charge in [0.2, 0.25) is 21.8 Å². The maximum Gasteiger partial charge on any atom is 0.244 e. The fourth-order valence-corrected chi connectivity index (χ4v) is 5.46. The number of carbonyl (C=O) groups excluding carboxylic acids is 1. The van der Waals surface area contributed by atoms with Crippen LogP contribution in [0.1, 0.15) is 37.2 Å². The van der Waals surface area contributed by atoms with E-state index in [1.165, 1.54) is 0 Å². The first-order valence-corrected chi connectivity index (χ1v) is 11.4. The number of sulfonamides is 1. The van der Waals surface area contributed by atoms with E-state index in [1.807, 2.05) is 17.9 Å². The maximum atomic E-state index is 12.9. The van der Waals surface area contributed by atoms with Crippen LogP contribution >= 0.6 is 0 Å². The summed E-state index contributed by atoms with van der Waals surface area (Å²) in [6.07, 6.45) is 2.95. The van der Waals surface area contributed by atoms with Gasteiger partial charge in [-0.3, -0.25) is 9.48 Å². The van der Waals surface area contributed by atoms with Crippen molar-refractivity contribution in [3.8, 4) is 0 Å². The zero-order chi connectivity index (χ0) is 20.8. The number of carbonyl (C=O) groups is 1. The van der Waals surface area contributed by atoms with Gasteiger partial charge in [0.05, 0.1) is 16.9 Å². The molecule has 4 rings (SSSR count). The summed E-state index contributed by atoms with van der Waals surface area (Å²) in [5, 5.41) is 8.22. The zero-order valence-corrected chi connectivity index (χ0v) is 17.6. The lowest BCUT2D eigenvalue weighted by atomic mass is 9.80. The van der Waals surface area contributed by atoms with Crippen molar-refractivity contribution in [1.82, 2.24) is 29.5 Å². The molecule has 1 saturated heterocycles. The monoisotopic (exact) mass is 422 g/mol. The van der Waals surface area contributed by atoms with Gasteiger partial charge in [0, 0.05) is 25.3 Å². The average Bonchev–Trinajstić information content (AvgIpc) is 3.38.